The number of carboxylic acid groups (broad SMARTS) is 1. The van der Waals surface area contributed by atoms with Gasteiger partial charge in [0.2, 0.25) is 5.91 Å². The molecule has 1 N–H and O–H groups in total. The van der Waals surface area contributed by atoms with Gasteiger partial charge in [-0.25, -0.2) is 0 Å². The van der Waals surface area contributed by atoms with E-state index in [2.05, 4.69) is 0 Å². The Labute approximate surface area is 125 Å². The number of rotatable bonds is 6. The zero-order valence-electron chi connectivity index (χ0n) is 12.4. The highest BCUT2D eigenvalue weighted by atomic mass is 16.4. The zero-order valence-corrected chi connectivity index (χ0v) is 12.4. The molecule has 1 saturated heterocycles. The van der Waals surface area contributed by atoms with Crippen LogP contribution in [0.25, 0.3) is 0 Å². The SMILES string of the molecule is CN(CC(=O)N1CCCC1)Cc1ccccc1CC(=O)O. The number of hydrogen-bond donors (Lipinski definition) is 1. The first-order valence-corrected chi connectivity index (χ1v) is 7.31. The van der Waals surface area contributed by atoms with E-state index in [1.54, 1.807) is 0 Å². The number of hydrogen-bond acceptors (Lipinski definition) is 3. The highest BCUT2D eigenvalue weighted by Crippen LogP contribution is 2.13. The van der Waals surface area contributed by atoms with Crippen molar-refractivity contribution < 1.29 is 14.7 Å². The van der Waals surface area contributed by atoms with Crippen molar-refractivity contribution in [3.8, 4) is 0 Å². The summed E-state index contributed by atoms with van der Waals surface area (Å²) in [6.45, 7) is 2.69. The Hall–Kier alpha value is -1.88. The fraction of sp³-hybridized carbons (Fsp3) is 0.500. The molecule has 0 spiro atoms. The van der Waals surface area contributed by atoms with Gasteiger partial charge in [0.15, 0.2) is 0 Å². The Balaban J connectivity index is 1.94. The molecule has 0 bridgehead atoms. The van der Waals surface area contributed by atoms with Gasteiger partial charge in [-0.1, -0.05) is 24.3 Å². The van der Waals surface area contributed by atoms with Gasteiger partial charge in [-0.15, -0.1) is 0 Å². The maximum Gasteiger partial charge on any atom is 0.307 e. The lowest BCUT2D eigenvalue weighted by Gasteiger charge is -2.22. The van der Waals surface area contributed by atoms with E-state index in [4.69, 9.17) is 5.11 Å². The molecule has 1 aliphatic heterocycles. The minimum absolute atomic E-state index is 0.0179. The molecule has 1 aromatic carbocycles. The first-order chi connectivity index (χ1) is 10.1. The van der Waals surface area contributed by atoms with Crippen LogP contribution in [0.3, 0.4) is 0 Å². The van der Waals surface area contributed by atoms with Gasteiger partial charge in [-0.3, -0.25) is 14.5 Å². The van der Waals surface area contributed by atoms with E-state index in [-0.39, 0.29) is 12.3 Å². The fourth-order valence-electron chi connectivity index (χ4n) is 2.69. The zero-order chi connectivity index (χ0) is 15.2. The Morgan fingerprint density at radius 3 is 2.43 bits per heavy atom. The van der Waals surface area contributed by atoms with E-state index in [1.165, 1.54) is 0 Å². The monoisotopic (exact) mass is 290 g/mol. The second-order valence-corrected chi connectivity index (χ2v) is 5.60. The maximum absolute atomic E-state index is 12.1. The summed E-state index contributed by atoms with van der Waals surface area (Å²) in [5.74, 6) is -0.677. The molecule has 1 aromatic rings. The van der Waals surface area contributed by atoms with E-state index < -0.39 is 5.97 Å². The number of carboxylic acids is 1. The quantitative estimate of drug-likeness (QED) is 0.859. The molecule has 0 atom stereocenters. The van der Waals surface area contributed by atoms with Crippen LogP contribution in [-0.4, -0.2) is 53.5 Å². The lowest BCUT2D eigenvalue weighted by molar-refractivity contribution is -0.136. The van der Waals surface area contributed by atoms with Crippen LogP contribution in [0.5, 0.6) is 0 Å². The largest absolute Gasteiger partial charge is 0.481 e. The number of carbonyl (C=O) groups excluding carboxylic acids is 1. The molecule has 0 aromatic heterocycles. The molecular weight excluding hydrogens is 268 g/mol. The van der Waals surface area contributed by atoms with Gasteiger partial charge in [0.05, 0.1) is 13.0 Å². The molecule has 114 valence electrons. The molecular formula is C16H22N2O3. The molecule has 1 fully saturated rings. The summed E-state index contributed by atoms with van der Waals surface area (Å²) in [6, 6.07) is 7.50. The second-order valence-electron chi connectivity index (χ2n) is 5.60. The molecule has 0 saturated carbocycles. The molecule has 0 unspecified atom stereocenters. The molecule has 1 aliphatic rings. The van der Waals surface area contributed by atoms with Gasteiger partial charge in [0.25, 0.3) is 0 Å². The van der Waals surface area contributed by atoms with Crippen molar-refractivity contribution in [3.05, 3.63) is 35.4 Å². The summed E-state index contributed by atoms with van der Waals surface area (Å²) < 4.78 is 0. The summed E-state index contributed by atoms with van der Waals surface area (Å²) in [4.78, 5) is 26.8. The first kappa shape index (κ1) is 15.5. The third kappa shape index (κ3) is 4.56. The molecule has 0 aliphatic carbocycles. The molecule has 2 rings (SSSR count). The van der Waals surface area contributed by atoms with Crippen molar-refractivity contribution in [1.29, 1.82) is 0 Å². The van der Waals surface area contributed by atoms with Crippen LogP contribution in [0, 0.1) is 0 Å². The van der Waals surface area contributed by atoms with Crippen molar-refractivity contribution in [3.63, 3.8) is 0 Å². The van der Waals surface area contributed by atoms with Crippen molar-refractivity contribution in [2.24, 2.45) is 0 Å². The van der Waals surface area contributed by atoms with Gasteiger partial charge in [0.1, 0.15) is 0 Å². The second kappa shape index (κ2) is 7.22. The van der Waals surface area contributed by atoms with E-state index in [1.807, 2.05) is 41.1 Å². The number of carbonyl (C=O) groups is 2. The van der Waals surface area contributed by atoms with Crippen LogP contribution in [0.1, 0.15) is 24.0 Å². The summed E-state index contributed by atoms with van der Waals surface area (Å²) in [6.07, 6.45) is 2.21. The smallest absolute Gasteiger partial charge is 0.307 e. The third-order valence-corrected chi connectivity index (χ3v) is 3.76. The molecule has 0 radical (unpaired) electrons. The number of nitrogens with zero attached hydrogens (tertiary/aromatic N) is 2. The normalized spacial score (nSPS) is 14.7. The van der Waals surface area contributed by atoms with E-state index in [0.29, 0.717) is 13.1 Å². The Kier molecular flexibility index (Phi) is 5.33. The summed E-state index contributed by atoms with van der Waals surface area (Å²) in [5.41, 5.74) is 1.78. The Morgan fingerprint density at radius 1 is 1.19 bits per heavy atom. The number of benzene rings is 1. The van der Waals surface area contributed by atoms with Crippen molar-refractivity contribution in [2.75, 3.05) is 26.7 Å². The average Bonchev–Trinajstić information content (AvgIpc) is 2.94. The van der Waals surface area contributed by atoms with Crippen molar-refractivity contribution >= 4 is 11.9 Å². The highest BCUT2D eigenvalue weighted by Gasteiger charge is 2.19. The third-order valence-electron chi connectivity index (χ3n) is 3.76. The molecule has 1 amide bonds. The lowest BCUT2D eigenvalue weighted by Crippen LogP contribution is -2.37. The number of amides is 1. The van der Waals surface area contributed by atoms with Gasteiger partial charge in [0, 0.05) is 19.6 Å². The van der Waals surface area contributed by atoms with Crippen molar-refractivity contribution in [2.45, 2.75) is 25.8 Å². The molecule has 21 heavy (non-hydrogen) atoms. The van der Waals surface area contributed by atoms with Crippen LogP contribution < -0.4 is 0 Å². The standard InChI is InChI=1S/C16H22N2O3/c1-17(12-15(19)18-8-4-5-9-18)11-14-7-3-2-6-13(14)10-16(20)21/h2-3,6-7H,4-5,8-12H2,1H3,(H,20,21). The number of likely N-dealkylation sites (tertiary alicyclic amines) is 1. The summed E-state index contributed by atoms with van der Waals surface area (Å²) in [5, 5.41) is 8.94. The van der Waals surface area contributed by atoms with Crippen LogP contribution >= 0.6 is 0 Å². The number of likely N-dealkylation sites (N-methyl/N-ethyl adjacent to an activating group) is 1. The lowest BCUT2D eigenvalue weighted by atomic mass is 10.0. The number of aliphatic carboxylic acids is 1. The van der Waals surface area contributed by atoms with Crippen LogP contribution in [0.4, 0.5) is 0 Å². The van der Waals surface area contributed by atoms with Crippen LogP contribution in [-0.2, 0) is 22.6 Å². The van der Waals surface area contributed by atoms with Crippen LogP contribution in [0.2, 0.25) is 0 Å². The Bertz CT molecular complexity index is 510. The van der Waals surface area contributed by atoms with E-state index in [9.17, 15) is 9.59 Å². The molecule has 1 heterocycles. The summed E-state index contributed by atoms with van der Waals surface area (Å²) in [7, 11) is 1.89. The van der Waals surface area contributed by atoms with Crippen molar-refractivity contribution in [1.82, 2.24) is 9.80 Å². The topological polar surface area (TPSA) is 60.9 Å². The average molecular weight is 290 g/mol. The van der Waals surface area contributed by atoms with Gasteiger partial charge < -0.3 is 10.0 Å². The first-order valence-electron chi connectivity index (χ1n) is 7.31. The predicted octanol–water partition coefficient (Wildman–Crippen LogP) is 1.37. The van der Waals surface area contributed by atoms with Gasteiger partial charge >= 0.3 is 5.97 Å². The molecule has 5 nitrogen and oxygen atoms in total. The summed E-state index contributed by atoms with van der Waals surface area (Å²) >= 11 is 0. The highest BCUT2D eigenvalue weighted by molar-refractivity contribution is 5.78. The minimum atomic E-state index is -0.835. The minimum Gasteiger partial charge on any atom is -0.481 e. The van der Waals surface area contributed by atoms with Gasteiger partial charge in [-0.2, -0.15) is 0 Å². The van der Waals surface area contributed by atoms with E-state index in [0.717, 1.165) is 37.1 Å². The maximum atomic E-state index is 12.1. The van der Waals surface area contributed by atoms with E-state index >= 15 is 0 Å². The molecule has 5 heteroatoms. The Morgan fingerprint density at radius 2 is 1.81 bits per heavy atom. The fourth-order valence-corrected chi connectivity index (χ4v) is 2.69. The predicted molar refractivity (Wildman–Crippen MR) is 79.9 cm³/mol. The van der Waals surface area contributed by atoms with Crippen LogP contribution in [0.15, 0.2) is 24.3 Å². The van der Waals surface area contributed by atoms with Gasteiger partial charge in [-0.05, 0) is 31.0 Å².